The minimum atomic E-state index is -4.65. The van der Waals surface area contributed by atoms with E-state index in [-0.39, 0.29) is 18.0 Å². The summed E-state index contributed by atoms with van der Waals surface area (Å²) in [7, 11) is 0. The number of nitrogens with one attached hydrogen (secondary N) is 1. The highest BCUT2D eigenvalue weighted by atomic mass is 19.4. The van der Waals surface area contributed by atoms with E-state index in [1.807, 2.05) is 30.3 Å². The first-order valence-corrected chi connectivity index (χ1v) is 12.0. The molecule has 0 saturated heterocycles. The van der Waals surface area contributed by atoms with Gasteiger partial charge >= 0.3 is 6.18 Å². The van der Waals surface area contributed by atoms with Gasteiger partial charge in [-0.1, -0.05) is 42.5 Å². The van der Waals surface area contributed by atoms with Crippen molar-refractivity contribution in [1.82, 2.24) is 20.1 Å². The monoisotopic (exact) mass is 529 g/mol. The maximum Gasteiger partial charge on any atom is 0.433 e. The van der Waals surface area contributed by atoms with Gasteiger partial charge < -0.3 is 10.1 Å². The van der Waals surface area contributed by atoms with Gasteiger partial charge in [-0.05, 0) is 48.0 Å². The maximum atomic E-state index is 13.8. The number of benzene rings is 2. The van der Waals surface area contributed by atoms with Crippen LogP contribution in [0, 0.1) is 0 Å². The third-order valence-corrected chi connectivity index (χ3v) is 5.75. The van der Waals surface area contributed by atoms with Crippen molar-refractivity contribution in [2.75, 3.05) is 0 Å². The molecule has 2 aromatic carbocycles. The Bertz CT molecular complexity index is 1560. The molecule has 0 fully saturated rings. The zero-order valence-corrected chi connectivity index (χ0v) is 20.5. The normalized spacial score (nSPS) is 13.3. The van der Waals surface area contributed by atoms with Crippen molar-refractivity contribution in [3.8, 4) is 17.0 Å². The molecule has 0 bridgehead atoms. The van der Waals surface area contributed by atoms with Crippen LogP contribution in [-0.2, 0) is 12.8 Å². The van der Waals surface area contributed by atoms with Crippen LogP contribution in [0.15, 0.2) is 114 Å². The predicted molar refractivity (Wildman–Crippen MR) is 140 cm³/mol. The average Bonchev–Trinajstić information content (AvgIpc) is 3.29. The highest BCUT2D eigenvalue weighted by Crippen LogP contribution is 2.32. The Balaban J connectivity index is 1.33. The molecule has 5 rings (SSSR count). The number of pyridine rings is 1. The molecular formula is C29H22F3N5O2. The lowest BCUT2D eigenvalue weighted by Crippen LogP contribution is -2.22. The van der Waals surface area contributed by atoms with E-state index >= 15 is 0 Å². The quantitative estimate of drug-likeness (QED) is 0.331. The van der Waals surface area contributed by atoms with E-state index < -0.39 is 17.8 Å². The number of amides is 1. The molecule has 39 heavy (non-hydrogen) atoms. The Morgan fingerprint density at radius 3 is 2.64 bits per heavy atom. The van der Waals surface area contributed by atoms with Crippen molar-refractivity contribution in [2.24, 2.45) is 4.99 Å². The van der Waals surface area contributed by atoms with Crippen LogP contribution in [0.1, 0.15) is 28.0 Å². The third-order valence-electron chi connectivity index (χ3n) is 5.75. The lowest BCUT2D eigenvalue weighted by Gasteiger charge is -2.10. The second kappa shape index (κ2) is 11.2. The lowest BCUT2D eigenvalue weighted by atomic mass is 10.2. The van der Waals surface area contributed by atoms with Crippen LogP contribution >= 0.6 is 0 Å². The first-order valence-electron chi connectivity index (χ1n) is 12.0. The summed E-state index contributed by atoms with van der Waals surface area (Å²) < 4.78 is 48.0. The number of nitrogens with zero attached hydrogens (tertiary/aromatic N) is 4. The van der Waals surface area contributed by atoms with E-state index in [9.17, 15) is 18.0 Å². The summed E-state index contributed by atoms with van der Waals surface area (Å²) >= 11 is 0. The molecule has 0 saturated carbocycles. The van der Waals surface area contributed by atoms with Gasteiger partial charge in [-0.15, -0.1) is 0 Å². The van der Waals surface area contributed by atoms with Crippen molar-refractivity contribution in [3.63, 3.8) is 0 Å². The summed E-state index contributed by atoms with van der Waals surface area (Å²) in [6.07, 6.45) is 2.89. The number of halogens is 3. The van der Waals surface area contributed by atoms with Crippen LogP contribution in [0.2, 0.25) is 0 Å². The molecule has 196 valence electrons. The summed E-state index contributed by atoms with van der Waals surface area (Å²) in [6.45, 7) is 0.354. The number of hydrogen-bond acceptors (Lipinski definition) is 5. The standard InChI is InChI=1S/C29H22F3N5O2/c30-29(31,32)26-16-25(22-10-6-14-33-17-22)36-37(26)27-13-5-11-23(18-34-27)35-28(38)21-9-4-12-24(15-21)39-19-20-7-2-1-3-8-20/h1-12,14-18H,13,19H2,(H,35,38). The molecule has 7 nitrogen and oxygen atoms in total. The predicted octanol–water partition coefficient (Wildman–Crippen LogP) is 6.02. The van der Waals surface area contributed by atoms with Gasteiger partial charge in [-0.25, -0.2) is 9.67 Å². The lowest BCUT2D eigenvalue weighted by molar-refractivity contribution is -0.142. The number of allylic oxidation sites excluding steroid dienone is 2. The molecule has 10 heteroatoms. The number of rotatable bonds is 6. The van der Waals surface area contributed by atoms with E-state index in [1.54, 1.807) is 48.6 Å². The zero-order chi connectivity index (χ0) is 27.2. The Labute approximate surface area is 222 Å². The van der Waals surface area contributed by atoms with Crippen LogP contribution in [0.4, 0.5) is 13.2 Å². The first kappa shape index (κ1) is 25.7. The summed E-state index contributed by atoms with van der Waals surface area (Å²) in [5, 5.41) is 6.89. The summed E-state index contributed by atoms with van der Waals surface area (Å²) in [5.74, 6) is 0.165. The summed E-state index contributed by atoms with van der Waals surface area (Å²) in [4.78, 5) is 21.1. The van der Waals surface area contributed by atoms with Crippen LogP contribution in [0.3, 0.4) is 0 Å². The molecule has 1 N–H and O–H groups in total. The van der Waals surface area contributed by atoms with Crippen LogP contribution in [0.25, 0.3) is 11.3 Å². The van der Waals surface area contributed by atoms with E-state index in [0.29, 0.717) is 29.2 Å². The maximum absolute atomic E-state index is 13.8. The van der Waals surface area contributed by atoms with Gasteiger partial charge in [0.2, 0.25) is 0 Å². The molecule has 1 aliphatic rings. The van der Waals surface area contributed by atoms with Crippen LogP contribution in [0.5, 0.6) is 5.75 Å². The van der Waals surface area contributed by atoms with Crippen molar-refractivity contribution < 1.29 is 22.7 Å². The van der Waals surface area contributed by atoms with Gasteiger partial charge in [-0.2, -0.15) is 18.3 Å². The van der Waals surface area contributed by atoms with E-state index in [4.69, 9.17) is 4.74 Å². The Morgan fingerprint density at radius 2 is 1.87 bits per heavy atom. The second-order valence-corrected chi connectivity index (χ2v) is 8.56. The molecule has 4 aromatic rings. The largest absolute Gasteiger partial charge is 0.489 e. The minimum Gasteiger partial charge on any atom is -0.489 e. The third kappa shape index (κ3) is 6.30. The molecule has 0 unspecified atom stereocenters. The van der Waals surface area contributed by atoms with Gasteiger partial charge in [-0.3, -0.25) is 9.78 Å². The number of aromatic nitrogens is 3. The van der Waals surface area contributed by atoms with Crippen molar-refractivity contribution in [2.45, 2.75) is 19.2 Å². The zero-order valence-electron chi connectivity index (χ0n) is 20.5. The van der Waals surface area contributed by atoms with Crippen LogP contribution < -0.4 is 10.1 Å². The number of aliphatic imine (C=N–C) groups is 1. The van der Waals surface area contributed by atoms with Gasteiger partial charge in [0.05, 0.1) is 17.6 Å². The van der Waals surface area contributed by atoms with Gasteiger partial charge in [0, 0.05) is 29.9 Å². The van der Waals surface area contributed by atoms with E-state index in [0.717, 1.165) is 16.3 Å². The molecule has 0 aliphatic carbocycles. The van der Waals surface area contributed by atoms with Gasteiger partial charge in [0.15, 0.2) is 0 Å². The van der Waals surface area contributed by atoms with E-state index in [2.05, 4.69) is 20.4 Å². The number of ether oxygens (including phenoxy) is 1. The Hall–Kier alpha value is -4.99. The number of carbonyl (C=O) groups excluding carboxylic acids is 1. The minimum absolute atomic E-state index is 0.0503. The summed E-state index contributed by atoms with van der Waals surface area (Å²) in [5.41, 5.74) is 1.28. The van der Waals surface area contributed by atoms with Gasteiger partial charge in [0.25, 0.3) is 5.91 Å². The summed E-state index contributed by atoms with van der Waals surface area (Å²) in [6, 6.07) is 20.6. The van der Waals surface area contributed by atoms with E-state index in [1.165, 1.54) is 18.6 Å². The Morgan fingerprint density at radius 1 is 1.03 bits per heavy atom. The van der Waals surface area contributed by atoms with Crippen molar-refractivity contribution in [1.29, 1.82) is 0 Å². The molecule has 2 aromatic heterocycles. The molecule has 1 aliphatic heterocycles. The van der Waals surface area contributed by atoms with Crippen molar-refractivity contribution in [3.05, 3.63) is 126 Å². The molecular weight excluding hydrogens is 507 g/mol. The fourth-order valence-electron chi connectivity index (χ4n) is 3.85. The number of hydrogen-bond donors (Lipinski definition) is 1. The molecule has 0 radical (unpaired) electrons. The van der Waals surface area contributed by atoms with Crippen LogP contribution in [-0.4, -0.2) is 26.5 Å². The van der Waals surface area contributed by atoms with Crippen molar-refractivity contribution >= 4 is 11.7 Å². The second-order valence-electron chi connectivity index (χ2n) is 8.56. The SMILES string of the molecule is O=C(NC1=CN=C(n2nc(-c3cccnc3)cc2C(F)(F)F)CC=C1)c1cccc(OCc2ccccc2)c1. The smallest absolute Gasteiger partial charge is 0.433 e. The number of carbonyl (C=O) groups is 1. The Kier molecular flexibility index (Phi) is 7.35. The first-order chi connectivity index (χ1) is 18.9. The highest BCUT2D eigenvalue weighted by Gasteiger charge is 2.37. The number of alkyl halides is 3. The molecule has 3 heterocycles. The highest BCUT2D eigenvalue weighted by molar-refractivity contribution is 5.96. The molecule has 1 amide bonds. The molecule has 0 spiro atoms. The average molecular weight is 530 g/mol. The molecule has 0 atom stereocenters. The fourth-order valence-corrected chi connectivity index (χ4v) is 3.85. The fraction of sp³-hybridized carbons (Fsp3) is 0.103. The van der Waals surface area contributed by atoms with Gasteiger partial charge in [0.1, 0.15) is 23.9 Å². The topological polar surface area (TPSA) is 81.4 Å².